The van der Waals surface area contributed by atoms with Crippen LogP contribution in [0, 0.1) is 6.92 Å². The summed E-state index contributed by atoms with van der Waals surface area (Å²) in [4.78, 5) is 18.9. The van der Waals surface area contributed by atoms with Gasteiger partial charge in [0.2, 0.25) is 5.91 Å². The number of carbonyl (C=O) groups is 1. The van der Waals surface area contributed by atoms with Crippen molar-refractivity contribution in [1.82, 2.24) is 15.2 Å². The normalized spacial score (nSPS) is 13.8. The molecule has 0 spiro atoms. The fraction of sp³-hybridized carbons (Fsp3) is 0.333. The number of hydrogen-bond acceptors (Lipinski definition) is 6. The number of methoxy groups -OCH3 is 2. The second kappa shape index (κ2) is 8.81. The van der Waals surface area contributed by atoms with Gasteiger partial charge in [0.25, 0.3) is 0 Å². The minimum Gasteiger partial charge on any atom is -0.494 e. The number of hydrogen-bond donors (Lipinski definition) is 1. The number of likely N-dealkylation sites (N-methyl/N-ethyl adjacent to an activating group) is 1. The van der Waals surface area contributed by atoms with E-state index in [-0.39, 0.29) is 5.91 Å². The highest BCUT2D eigenvalue weighted by Crippen LogP contribution is 2.39. The number of benzene rings is 2. The molecule has 0 aliphatic carbocycles. The van der Waals surface area contributed by atoms with Crippen LogP contribution in [0.1, 0.15) is 11.1 Å². The molecule has 1 N–H and O–H groups in total. The first-order chi connectivity index (χ1) is 15.0. The molecule has 31 heavy (non-hydrogen) atoms. The van der Waals surface area contributed by atoms with Gasteiger partial charge >= 0.3 is 0 Å². The molecule has 0 unspecified atom stereocenters. The van der Waals surface area contributed by atoms with Crippen molar-refractivity contribution >= 4 is 16.8 Å². The lowest BCUT2D eigenvalue weighted by Gasteiger charge is -2.19. The first-order valence-electron chi connectivity index (χ1n) is 10.3. The van der Waals surface area contributed by atoms with Gasteiger partial charge in [-0.2, -0.15) is 0 Å². The minimum atomic E-state index is -0.0227. The molecule has 1 aliphatic heterocycles. The topological polar surface area (TPSA) is 72.9 Å². The predicted octanol–water partition coefficient (Wildman–Crippen LogP) is 3.17. The fourth-order valence-electron chi connectivity index (χ4n) is 3.96. The molecule has 2 aromatic carbocycles. The molecule has 7 heteroatoms. The number of fused-ring (bicyclic) bond motifs is 2. The van der Waals surface area contributed by atoms with Gasteiger partial charge in [-0.3, -0.25) is 9.69 Å². The summed E-state index contributed by atoms with van der Waals surface area (Å²) in [6, 6.07) is 12.0. The second-order valence-corrected chi connectivity index (χ2v) is 7.58. The van der Waals surface area contributed by atoms with E-state index in [4.69, 9.17) is 19.2 Å². The molecule has 0 atom stereocenters. The Hall–Kier alpha value is -3.32. The monoisotopic (exact) mass is 421 g/mol. The number of pyridine rings is 1. The van der Waals surface area contributed by atoms with Crippen LogP contribution in [0.15, 0.2) is 36.4 Å². The molecule has 0 bridgehead atoms. The largest absolute Gasteiger partial charge is 0.494 e. The molecule has 162 valence electrons. The van der Waals surface area contributed by atoms with Crippen molar-refractivity contribution in [3.05, 3.63) is 47.5 Å². The van der Waals surface area contributed by atoms with Gasteiger partial charge in [-0.1, -0.05) is 12.1 Å². The summed E-state index contributed by atoms with van der Waals surface area (Å²) in [5, 5.41) is 3.74. The van der Waals surface area contributed by atoms with Crippen molar-refractivity contribution in [2.75, 3.05) is 41.0 Å². The van der Waals surface area contributed by atoms with Gasteiger partial charge in [0, 0.05) is 36.7 Å². The lowest BCUT2D eigenvalue weighted by molar-refractivity contribution is -0.121. The number of amides is 1. The first kappa shape index (κ1) is 20.9. The fourth-order valence-corrected chi connectivity index (χ4v) is 3.96. The average molecular weight is 421 g/mol. The van der Waals surface area contributed by atoms with E-state index in [9.17, 15) is 4.79 Å². The van der Waals surface area contributed by atoms with Crippen LogP contribution in [0.5, 0.6) is 17.2 Å². The lowest BCUT2D eigenvalue weighted by atomic mass is 10.0. The number of para-hydroxylation sites is 1. The third kappa shape index (κ3) is 4.14. The van der Waals surface area contributed by atoms with Crippen LogP contribution >= 0.6 is 0 Å². The summed E-state index contributed by atoms with van der Waals surface area (Å²) in [6.45, 7) is 4.12. The van der Waals surface area contributed by atoms with Crippen LogP contribution < -0.4 is 19.5 Å². The molecule has 0 saturated carbocycles. The number of nitrogens with one attached hydrogen (secondary N) is 1. The van der Waals surface area contributed by atoms with E-state index in [1.54, 1.807) is 21.3 Å². The van der Waals surface area contributed by atoms with Crippen molar-refractivity contribution in [3.63, 3.8) is 0 Å². The van der Waals surface area contributed by atoms with E-state index >= 15 is 0 Å². The zero-order valence-electron chi connectivity index (χ0n) is 18.3. The Bertz CT molecular complexity index is 1130. The maximum absolute atomic E-state index is 11.9. The summed E-state index contributed by atoms with van der Waals surface area (Å²) in [7, 11) is 4.94. The van der Waals surface area contributed by atoms with E-state index in [1.165, 1.54) is 0 Å². The standard InChI is InChI=1S/C24H27N3O4/c1-15-10-19(26-23-18(15)6-5-7-20(23)29-3)16-11-17-13-27(14-22(28)25-2)8-9-31-24(17)21(12-16)30-4/h5-7,10-12H,8-9,13-14H2,1-4H3,(H,25,28). The smallest absolute Gasteiger partial charge is 0.233 e. The summed E-state index contributed by atoms with van der Waals surface area (Å²) in [5.74, 6) is 2.10. The number of ether oxygens (including phenoxy) is 3. The zero-order chi connectivity index (χ0) is 22.0. The maximum atomic E-state index is 11.9. The molecular formula is C24H27N3O4. The Morgan fingerprint density at radius 2 is 2.00 bits per heavy atom. The molecule has 0 saturated heterocycles. The quantitative estimate of drug-likeness (QED) is 0.682. The summed E-state index contributed by atoms with van der Waals surface area (Å²) >= 11 is 0. The molecule has 4 rings (SSSR count). The molecule has 1 aromatic heterocycles. The maximum Gasteiger partial charge on any atom is 0.233 e. The number of carbonyl (C=O) groups excluding carboxylic acids is 1. The van der Waals surface area contributed by atoms with Crippen LogP contribution in [0.2, 0.25) is 0 Å². The van der Waals surface area contributed by atoms with E-state index in [2.05, 4.69) is 29.3 Å². The van der Waals surface area contributed by atoms with Gasteiger partial charge in [0.05, 0.1) is 26.5 Å². The molecule has 0 radical (unpaired) electrons. The Morgan fingerprint density at radius 1 is 1.19 bits per heavy atom. The van der Waals surface area contributed by atoms with Crippen molar-refractivity contribution < 1.29 is 19.0 Å². The molecule has 0 fully saturated rings. The highest BCUT2D eigenvalue weighted by molar-refractivity contribution is 5.89. The number of aryl methyl sites for hydroxylation is 1. The zero-order valence-corrected chi connectivity index (χ0v) is 18.3. The Labute approximate surface area is 181 Å². The van der Waals surface area contributed by atoms with Crippen LogP contribution in [0.3, 0.4) is 0 Å². The van der Waals surface area contributed by atoms with Gasteiger partial charge in [-0.25, -0.2) is 4.98 Å². The van der Waals surface area contributed by atoms with E-state index < -0.39 is 0 Å². The predicted molar refractivity (Wildman–Crippen MR) is 120 cm³/mol. The van der Waals surface area contributed by atoms with E-state index in [1.807, 2.05) is 24.3 Å². The van der Waals surface area contributed by atoms with Gasteiger partial charge in [0.1, 0.15) is 17.9 Å². The number of aromatic nitrogens is 1. The SMILES string of the molecule is CNC(=O)CN1CCOc2c(cc(-c3cc(C)c4cccc(OC)c4n3)cc2OC)C1. The Morgan fingerprint density at radius 3 is 2.74 bits per heavy atom. The molecule has 7 nitrogen and oxygen atoms in total. The second-order valence-electron chi connectivity index (χ2n) is 7.58. The van der Waals surface area contributed by atoms with Crippen LogP contribution in [-0.4, -0.2) is 56.8 Å². The molecule has 1 aliphatic rings. The van der Waals surface area contributed by atoms with Crippen LogP contribution in [-0.2, 0) is 11.3 Å². The van der Waals surface area contributed by atoms with Gasteiger partial charge in [-0.05, 0) is 36.8 Å². The lowest BCUT2D eigenvalue weighted by Crippen LogP contribution is -2.36. The number of nitrogens with zero attached hydrogens (tertiary/aromatic N) is 2. The van der Waals surface area contributed by atoms with Crippen molar-refractivity contribution in [2.24, 2.45) is 0 Å². The van der Waals surface area contributed by atoms with E-state index in [0.717, 1.165) is 44.8 Å². The van der Waals surface area contributed by atoms with E-state index in [0.29, 0.717) is 32.0 Å². The van der Waals surface area contributed by atoms with Crippen LogP contribution in [0.4, 0.5) is 0 Å². The Kier molecular flexibility index (Phi) is 5.95. The van der Waals surface area contributed by atoms with Crippen LogP contribution in [0.25, 0.3) is 22.2 Å². The first-order valence-corrected chi connectivity index (χ1v) is 10.3. The van der Waals surface area contributed by atoms with Crippen molar-refractivity contribution in [3.8, 4) is 28.5 Å². The van der Waals surface area contributed by atoms with Gasteiger partial charge in [0.15, 0.2) is 11.5 Å². The van der Waals surface area contributed by atoms with Gasteiger partial charge < -0.3 is 19.5 Å². The summed E-state index contributed by atoms with van der Waals surface area (Å²) in [5.41, 5.74) is 4.67. The molecule has 2 heterocycles. The van der Waals surface area contributed by atoms with Crippen molar-refractivity contribution in [1.29, 1.82) is 0 Å². The Balaban J connectivity index is 1.81. The van der Waals surface area contributed by atoms with Gasteiger partial charge in [-0.15, -0.1) is 0 Å². The minimum absolute atomic E-state index is 0.0227. The highest BCUT2D eigenvalue weighted by Gasteiger charge is 2.22. The number of rotatable bonds is 5. The molecule has 3 aromatic rings. The third-order valence-corrected chi connectivity index (χ3v) is 5.57. The highest BCUT2D eigenvalue weighted by atomic mass is 16.5. The summed E-state index contributed by atoms with van der Waals surface area (Å²) in [6.07, 6.45) is 0. The van der Waals surface area contributed by atoms with Crippen molar-refractivity contribution in [2.45, 2.75) is 13.5 Å². The molecular weight excluding hydrogens is 394 g/mol. The average Bonchev–Trinajstić information content (AvgIpc) is 2.99. The molecule has 1 amide bonds. The third-order valence-electron chi connectivity index (χ3n) is 5.57. The summed E-state index contributed by atoms with van der Waals surface area (Å²) < 4.78 is 17.2.